The average Bonchev–Trinajstić information content (AvgIpc) is 2.49. The summed E-state index contributed by atoms with van der Waals surface area (Å²) in [6.07, 6.45) is 0.153. The molecule has 0 aliphatic carbocycles. The maximum Gasteiger partial charge on any atom is 0.412 e. The van der Waals surface area contributed by atoms with Gasteiger partial charge in [0.05, 0.1) is 0 Å². The van der Waals surface area contributed by atoms with Crippen LogP contribution in [0.5, 0.6) is 5.75 Å². The van der Waals surface area contributed by atoms with Crippen molar-refractivity contribution in [3.63, 3.8) is 0 Å². The fraction of sp³-hybridized carbons (Fsp3) is 0.316. The predicted octanol–water partition coefficient (Wildman–Crippen LogP) is 4.59. The SMILES string of the molecule is Cc1ccc(C(C)C)c(OC(=O)NCCc2ccc(F)cc2)c1. The van der Waals surface area contributed by atoms with Crippen LogP contribution in [0.15, 0.2) is 42.5 Å². The van der Waals surface area contributed by atoms with Crippen molar-refractivity contribution < 1.29 is 13.9 Å². The Balaban J connectivity index is 1.90. The van der Waals surface area contributed by atoms with Crippen molar-refractivity contribution >= 4 is 6.09 Å². The van der Waals surface area contributed by atoms with Crippen LogP contribution in [0.3, 0.4) is 0 Å². The number of halogens is 1. The molecule has 0 heterocycles. The van der Waals surface area contributed by atoms with Gasteiger partial charge in [-0.3, -0.25) is 0 Å². The first kappa shape index (κ1) is 17.0. The molecule has 4 heteroatoms. The van der Waals surface area contributed by atoms with Crippen molar-refractivity contribution in [2.24, 2.45) is 0 Å². The molecule has 0 unspecified atom stereocenters. The van der Waals surface area contributed by atoms with Gasteiger partial charge in [0.2, 0.25) is 0 Å². The minimum Gasteiger partial charge on any atom is -0.410 e. The van der Waals surface area contributed by atoms with Crippen molar-refractivity contribution in [3.05, 3.63) is 65.0 Å². The van der Waals surface area contributed by atoms with Crippen molar-refractivity contribution in [2.75, 3.05) is 6.54 Å². The third kappa shape index (κ3) is 5.09. The van der Waals surface area contributed by atoms with Gasteiger partial charge in [-0.25, -0.2) is 9.18 Å². The predicted molar refractivity (Wildman–Crippen MR) is 89.4 cm³/mol. The van der Waals surface area contributed by atoms with Crippen molar-refractivity contribution in [2.45, 2.75) is 33.1 Å². The van der Waals surface area contributed by atoms with Gasteiger partial charge in [-0.2, -0.15) is 0 Å². The van der Waals surface area contributed by atoms with Gasteiger partial charge in [0.1, 0.15) is 11.6 Å². The van der Waals surface area contributed by atoms with Gasteiger partial charge in [0, 0.05) is 6.54 Å². The Morgan fingerprint density at radius 3 is 2.52 bits per heavy atom. The van der Waals surface area contributed by atoms with Gasteiger partial charge in [0.25, 0.3) is 0 Å². The van der Waals surface area contributed by atoms with Gasteiger partial charge in [-0.05, 0) is 54.2 Å². The molecular formula is C19H22FNO2. The van der Waals surface area contributed by atoms with Crippen LogP contribution in [-0.2, 0) is 6.42 Å². The minimum atomic E-state index is -0.473. The summed E-state index contributed by atoms with van der Waals surface area (Å²) in [7, 11) is 0. The number of rotatable bonds is 5. The Morgan fingerprint density at radius 2 is 1.87 bits per heavy atom. The zero-order valence-corrected chi connectivity index (χ0v) is 13.7. The van der Waals surface area contributed by atoms with Crippen LogP contribution in [0.4, 0.5) is 9.18 Å². The highest BCUT2D eigenvalue weighted by Crippen LogP contribution is 2.27. The standard InChI is InChI=1S/C19H22FNO2/c1-13(2)17-9-4-14(3)12-18(17)23-19(22)21-11-10-15-5-7-16(20)8-6-15/h4-9,12-13H,10-11H2,1-3H3,(H,21,22). The average molecular weight is 315 g/mol. The van der Waals surface area contributed by atoms with Crippen LogP contribution >= 0.6 is 0 Å². The van der Waals surface area contributed by atoms with Gasteiger partial charge < -0.3 is 10.1 Å². The maximum atomic E-state index is 12.8. The maximum absolute atomic E-state index is 12.8. The summed E-state index contributed by atoms with van der Waals surface area (Å²) in [5.41, 5.74) is 3.01. The number of hydrogen-bond donors (Lipinski definition) is 1. The van der Waals surface area contributed by atoms with Gasteiger partial charge in [-0.15, -0.1) is 0 Å². The fourth-order valence-corrected chi connectivity index (χ4v) is 2.30. The third-order valence-corrected chi connectivity index (χ3v) is 3.59. The first-order valence-electron chi connectivity index (χ1n) is 7.76. The Hall–Kier alpha value is -2.36. The molecule has 122 valence electrons. The molecule has 0 aliphatic rings. The summed E-state index contributed by atoms with van der Waals surface area (Å²) >= 11 is 0. The minimum absolute atomic E-state index is 0.262. The molecule has 1 amide bonds. The van der Waals surface area contributed by atoms with E-state index in [1.165, 1.54) is 12.1 Å². The number of aryl methyl sites for hydroxylation is 1. The van der Waals surface area contributed by atoms with Gasteiger partial charge in [-0.1, -0.05) is 38.1 Å². The highest BCUT2D eigenvalue weighted by Gasteiger charge is 2.12. The topological polar surface area (TPSA) is 38.3 Å². The fourth-order valence-electron chi connectivity index (χ4n) is 2.30. The molecular weight excluding hydrogens is 293 g/mol. The summed E-state index contributed by atoms with van der Waals surface area (Å²) in [4.78, 5) is 11.9. The highest BCUT2D eigenvalue weighted by molar-refractivity contribution is 5.71. The van der Waals surface area contributed by atoms with E-state index in [9.17, 15) is 9.18 Å². The Kier molecular flexibility index (Phi) is 5.74. The molecule has 0 aromatic heterocycles. The van der Waals surface area contributed by atoms with Crippen molar-refractivity contribution in [1.29, 1.82) is 0 Å². The lowest BCUT2D eigenvalue weighted by molar-refractivity contribution is 0.200. The molecule has 0 aliphatic heterocycles. The molecule has 1 N–H and O–H groups in total. The number of benzene rings is 2. The Bertz CT molecular complexity index is 666. The number of nitrogens with one attached hydrogen (secondary N) is 1. The number of ether oxygens (including phenoxy) is 1. The molecule has 0 spiro atoms. The molecule has 0 radical (unpaired) electrons. The summed E-state index contributed by atoms with van der Waals surface area (Å²) in [6, 6.07) is 12.1. The van der Waals surface area contributed by atoms with E-state index in [2.05, 4.69) is 19.2 Å². The number of carbonyl (C=O) groups excluding carboxylic acids is 1. The van der Waals surface area contributed by atoms with Crippen molar-refractivity contribution in [1.82, 2.24) is 5.32 Å². The van der Waals surface area contributed by atoms with Crippen LogP contribution < -0.4 is 10.1 Å². The number of carbonyl (C=O) groups is 1. The number of amides is 1. The molecule has 2 aromatic rings. The molecule has 0 saturated carbocycles. The van der Waals surface area contributed by atoms with Crippen LogP contribution in [0, 0.1) is 12.7 Å². The van der Waals surface area contributed by atoms with E-state index < -0.39 is 6.09 Å². The van der Waals surface area contributed by atoms with Gasteiger partial charge in [0.15, 0.2) is 0 Å². The lowest BCUT2D eigenvalue weighted by atomic mass is 10.0. The molecule has 0 bridgehead atoms. The van der Waals surface area contributed by atoms with Crippen LogP contribution in [0.2, 0.25) is 0 Å². The normalized spacial score (nSPS) is 10.7. The molecule has 0 saturated heterocycles. The lowest BCUT2D eigenvalue weighted by Crippen LogP contribution is -2.29. The van der Waals surface area contributed by atoms with Crippen LogP contribution in [0.25, 0.3) is 0 Å². The van der Waals surface area contributed by atoms with E-state index in [0.29, 0.717) is 18.7 Å². The van der Waals surface area contributed by atoms with E-state index in [1.807, 2.05) is 25.1 Å². The smallest absolute Gasteiger partial charge is 0.410 e. The first-order chi connectivity index (χ1) is 11.0. The second kappa shape index (κ2) is 7.77. The van der Waals surface area contributed by atoms with E-state index >= 15 is 0 Å². The summed E-state index contributed by atoms with van der Waals surface area (Å²) in [5, 5.41) is 2.72. The van der Waals surface area contributed by atoms with Gasteiger partial charge >= 0.3 is 6.09 Å². The van der Waals surface area contributed by atoms with E-state index in [1.54, 1.807) is 12.1 Å². The largest absolute Gasteiger partial charge is 0.412 e. The number of hydrogen-bond acceptors (Lipinski definition) is 2. The third-order valence-electron chi connectivity index (χ3n) is 3.59. The molecule has 0 atom stereocenters. The second-order valence-electron chi connectivity index (χ2n) is 5.89. The Morgan fingerprint density at radius 1 is 1.17 bits per heavy atom. The van der Waals surface area contributed by atoms with E-state index in [4.69, 9.17) is 4.74 Å². The highest BCUT2D eigenvalue weighted by atomic mass is 19.1. The molecule has 2 rings (SSSR count). The quantitative estimate of drug-likeness (QED) is 0.876. The van der Waals surface area contributed by atoms with E-state index in [-0.39, 0.29) is 11.7 Å². The van der Waals surface area contributed by atoms with Crippen LogP contribution in [0.1, 0.15) is 36.5 Å². The van der Waals surface area contributed by atoms with E-state index in [0.717, 1.165) is 16.7 Å². The van der Waals surface area contributed by atoms with Crippen molar-refractivity contribution in [3.8, 4) is 5.75 Å². The summed E-state index contributed by atoms with van der Waals surface area (Å²) < 4.78 is 18.3. The summed E-state index contributed by atoms with van der Waals surface area (Å²) in [5.74, 6) is 0.610. The lowest BCUT2D eigenvalue weighted by Gasteiger charge is -2.14. The zero-order valence-electron chi connectivity index (χ0n) is 13.7. The molecule has 2 aromatic carbocycles. The summed E-state index contributed by atoms with van der Waals surface area (Å²) in [6.45, 7) is 6.52. The molecule has 23 heavy (non-hydrogen) atoms. The zero-order chi connectivity index (χ0) is 16.8. The first-order valence-corrected chi connectivity index (χ1v) is 7.76. The molecule has 3 nitrogen and oxygen atoms in total. The Labute approximate surface area is 136 Å². The second-order valence-corrected chi connectivity index (χ2v) is 5.89. The molecule has 0 fully saturated rings. The monoisotopic (exact) mass is 315 g/mol. The van der Waals surface area contributed by atoms with Crippen LogP contribution in [-0.4, -0.2) is 12.6 Å².